The minimum absolute atomic E-state index is 0.0838. The number of amides is 2. The lowest BCUT2D eigenvalue weighted by atomic mass is 10.1. The van der Waals surface area contributed by atoms with E-state index < -0.39 is 11.9 Å². The molecule has 1 aliphatic heterocycles. The first-order chi connectivity index (χ1) is 14.5. The number of methoxy groups -OCH3 is 3. The van der Waals surface area contributed by atoms with Gasteiger partial charge in [0.05, 0.1) is 38.5 Å². The summed E-state index contributed by atoms with van der Waals surface area (Å²) < 4.78 is 15.3. The third-order valence-electron chi connectivity index (χ3n) is 4.99. The highest BCUT2D eigenvalue weighted by atomic mass is 16.5. The zero-order chi connectivity index (χ0) is 21.7. The topological polar surface area (TPSA) is 94.2 Å². The van der Waals surface area contributed by atoms with Crippen LogP contribution in [0.15, 0.2) is 42.5 Å². The van der Waals surface area contributed by atoms with Gasteiger partial charge in [-0.05, 0) is 5.56 Å². The Bertz CT molecular complexity index is 944. The summed E-state index contributed by atoms with van der Waals surface area (Å²) in [6.07, 6.45) is 0.111. The molecule has 0 aliphatic carbocycles. The zero-order valence-corrected chi connectivity index (χ0v) is 17.1. The minimum atomic E-state index is -0.626. The Kier molecular flexibility index (Phi) is 6.56. The van der Waals surface area contributed by atoms with Crippen LogP contribution in [0.1, 0.15) is 22.3 Å². The number of carbonyl (C=O) groups excluding carboxylic acids is 3. The third-order valence-corrected chi connectivity index (χ3v) is 4.99. The molecule has 0 aromatic heterocycles. The Labute approximate surface area is 174 Å². The second kappa shape index (κ2) is 9.30. The molecule has 30 heavy (non-hydrogen) atoms. The molecule has 0 bridgehead atoms. The van der Waals surface area contributed by atoms with E-state index in [-0.39, 0.29) is 29.5 Å². The maximum atomic E-state index is 12.9. The third kappa shape index (κ3) is 4.53. The molecule has 0 spiro atoms. The maximum Gasteiger partial charge on any atom is 0.340 e. The summed E-state index contributed by atoms with van der Waals surface area (Å²) in [5.74, 6) is -0.898. The molecular weight excluding hydrogens is 388 g/mol. The SMILES string of the molecule is COC(=O)c1cc(OC)c(OC)cc1NC(=O)C1CC(=O)N(Cc2ccccc2)C1. The molecule has 1 unspecified atom stereocenters. The number of ether oxygens (including phenoxy) is 3. The van der Waals surface area contributed by atoms with E-state index in [1.54, 1.807) is 4.90 Å². The van der Waals surface area contributed by atoms with Crippen LogP contribution in [0.5, 0.6) is 11.5 Å². The van der Waals surface area contributed by atoms with Gasteiger partial charge in [-0.25, -0.2) is 4.79 Å². The number of hydrogen-bond donors (Lipinski definition) is 1. The Balaban J connectivity index is 1.77. The van der Waals surface area contributed by atoms with Crippen LogP contribution in [-0.2, 0) is 20.9 Å². The zero-order valence-electron chi connectivity index (χ0n) is 17.1. The van der Waals surface area contributed by atoms with Crippen molar-refractivity contribution in [1.82, 2.24) is 4.90 Å². The van der Waals surface area contributed by atoms with Crippen molar-refractivity contribution in [1.29, 1.82) is 0 Å². The number of rotatable bonds is 7. The predicted molar refractivity (Wildman–Crippen MR) is 109 cm³/mol. The van der Waals surface area contributed by atoms with Gasteiger partial charge in [0.25, 0.3) is 0 Å². The van der Waals surface area contributed by atoms with Crippen LogP contribution in [0.3, 0.4) is 0 Å². The summed E-state index contributed by atoms with van der Waals surface area (Å²) in [6, 6.07) is 12.5. The Morgan fingerprint density at radius 1 is 1.07 bits per heavy atom. The molecular formula is C22H24N2O6. The van der Waals surface area contributed by atoms with Gasteiger partial charge in [0.2, 0.25) is 11.8 Å². The number of nitrogens with one attached hydrogen (secondary N) is 1. The highest BCUT2D eigenvalue weighted by Gasteiger charge is 2.35. The number of anilines is 1. The van der Waals surface area contributed by atoms with Crippen molar-refractivity contribution in [2.45, 2.75) is 13.0 Å². The molecule has 3 rings (SSSR count). The summed E-state index contributed by atoms with van der Waals surface area (Å²) in [6.45, 7) is 0.758. The van der Waals surface area contributed by atoms with E-state index >= 15 is 0 Å². The summed E-state index contributed by atoms with van der Waals surface area (Å²) in [5.41, 5.74) is 1.37. The molecule has 1 aliphatic rings. The van der Waals surface area contributed by atoms with Gasteiger partial charge in [-0.3, -0.25) is 9.59 Å². The van der Waals surface area contributed by atoms with Gasteiger partial charge < -0.3 is 24.4 Å². The van der Waals surface area contributed by atoms with Gasteiger partial charge in [0.1, 0.15) is 0 Å². The van der Waals surface area contributed by atoms with Crippen LogP contribution in [0.2, 0.25) is 0 Å². The second-order valence-electron chi connectivity index (χ2n) is 6.89. The summed E-state index contributed by atoms with van der Waals surface area (Å²) in [7, 11) is 4.16. The van der Waals surface area contributed by atoms with Crippen molar-refractivity contribution >= 4 is 23.5 Å². The molecule has 1 atom stereocenters. The van der Waals surface area contributed by atoms with E-state index in [2.05, 4.69) is 5.32 Å². The lowest BCUT2D eigenvalue weighted by Crippen LogP contribution is -2.28. The van der Waals surface area contributed by atoms with Gasteiger partial charge in [-0.2, -0.15) is 0 Å². The molecule has 2 aromatic rings. The van der Waals surface area contributed by atoms with E-state index in [4.69, 9.17) is 14.2 Å². The highest BCUT2D eigenvalue weighted by Crippen LogP contribution is 2.34. The van der Waals surface area contributed by atoms with Gasteiger partial charge in [-0.15, -0.1) is 0 Å². The Morgan fingerprint density at radius 2 is 1.73 bits per heavy atom. The largest absolute Gasteiger partial charge is 0.493 e. The standard InChI is InChI=1S/C22H24N2O6/c1-28-18-10-16(22(27)30-3)17(11-19(18)29-2)23-21(26)15-9-20(25)24(13-15)12-14-7-5-4-6-8-14/h4-8,10-11,15H,9,12-13H2,1-3H3,(H,23,26). The van der Waals surface area contributed by atoms with E-state index in [0.29, 0.717) is 24.6 Å². The van der Waals surface area contributed by atoms with Crippen LogP contribution in [0.25, 0.3) is 0 Å². The molecule has 2 aromatic carbocycles. The van der Waals surface area contributed by atoms with Crippen molar-refractivity contribution < 1.29 is 28.6 Å². The van der Waals surface area contributed by atoms with Crippen molar-refractivity contribution in [2.75, 3.05) is 33.2 Å². The average Bonchev–Trinajstić information content (AvgIpc) is 3.13. The molecule has 2 amide bonds. The number of carbonyl (C=O) groups is 3. The first-order valence-corrected chi connectivity index (χ1v) is 9.43. The van der Waals surface area contributed by atoms with Crippen LogP contribution < -0.4 is 14.8 Å². The lowest BCUT2D eigenvalue weighted by molar-refractivity contribution is -0.128. The molecule has 1 fully saturated rings. The fraction of sp³-hybridized carbons (Fsp3) is 0.318. The minimum Gasteiger partial charge on any atom is -0.493 e. The summed E-state index contributed by atoms with van der Waals surface area (Å²) >= 11 is 0. The molecule has 1 saturated heterocycles. The number of nitrogens with zero attached hydrogens (tertiary/aromatic N) is 1. The molecule has 0 saturated carbocycles. The van der Waals surface area contributed by atoms with Crippen LogP contribution in [0.4, 0.5) is 5.69 Å². The molecule has 1 heterocycles. The van der Waals surface area contributed by atoms with Crippen LogP contribution >= 0.6 is 0 Å². The maximum absolute atomic E-state index is 12.9. The van der Waals surface area contributed by atoms with E-state index in [1.165, 1.54) is 33.5 Å². The monoisotopic (exact) mass is 412 g/mol. The lowest BCUT2D eigenvalue weighted by Gasteiger charge is -2.18. The summed E-state index contributed by atoms with van der Waals surface area (Å²) in [5, 5.41) is 2.74. The molecule has 1 N–H and O–H groups in total. The predicted octanol–water partition coefficient (Wildman–Crippen LogP) is 2.48. The number of esters is 1. The number of hydrogen-bond acceptors (Lipinski definition) is 6. The van der Waals surface area contributed by atoms with E-state index in [1.807, 2.05) is 30.3 Å². The summed E-state index contributed by atoms with van der Waals surface area (Å²) in [4.78, 5) is 39.1. The van der Waals surface area contributed by atoms with Crippen molar-refractivity contribution in [3.05, 3.63) is 53.6 Å². The van der Waals surface area contributed by atoms with E-state index in [0.717, 1.165) is 5.56 Å². The van der Waals surface area contributed by atoms with Crippen molar-refractivity contribution in [2.24, 2.45) is 5.92 Å². The van der Waals surface area contributed by atoms with Gasteiger partial charge >= 0.3 is 5.97 Å². The highest BCUT2D eigenvalue weighted by molar-refractivity contribution is 6.04. The number of benzene rings is 2. The smallest absolute Gasteiger partial charge is 0.340 e. The quantitative estimate of drug-likeness (QED) is 0.702. The van der Waals surface area contributed by atoms with Gasteiger partial charge in [0, 0.05) is 31.6 Å². The average molecular weight is 412 g/mol. The van der Waals surface area contributed by atoms with Crippen molar-refractivity contribution in [3.8, 4) is 11.5 Å². The number of likely N-dealkylation sites (tertiary alicyclic amines) is 1. The second-order valence-corrected chi connectivity index (χ2v) is 6.89. The fourth-order valence-corrected chi connectivity index (χ4v) is 3.40. The molecule has 8 heteroatoms. The van der Waals surface area contributed by atoms with Gasteiger partial charge in [0.15, 0.2) is 11.5 Å². The van der Waals surface area contributed by atoms with Crippen LogP contribution in [-0.4, -0.2) is 50.6 Å². The van der Waals surface area contributed by atoms with Crippen molar-refractivity contribution in [3.63, 3.8) is 0 Å². The molecule has 8 nitrogen and oxygen atoms in total. The Morgan fingerprint density at radius 3 is 2.37 bits per heavy atom. The first-order valence-electron chi connectivity index (χ1n) is 9.43. The van der Waals surface area contributed by atoms with Crippen LogP contribution in [0, 0.1) is 5.92 Å². The fourth-order valence-electron chi connectivity index (χ4n) is 3.40. The molecule has 158 valence electrons. The first kappa shape index (κ1) is 21.2. The normalized spacial score (nSPS) is 15.6. The molecule has 0 radical (unpaired) electrons. The Hall–Kier alpha value is -3.55. The van der Waals surface area contributed by atoms with Gasteiger partial charge in [-0.1, -0.05) is 30.3 Å². The van der Waals surface area contributed by atoms with E-state index in [9.17, 15) is 14.4 Å².